The lowest BCUT2D eigenvalue weighted by Crippen LogP contribution is -2.05. The van der Waals surface area contributed by atoms with E-state index in [0.717, 1.165) is 25.7 Å². The lowest BCUT2D eigenvalue weighted by Gasteiger charge is -2.17. The largest absolute Gasteiger partial charge is 0.465 e. The molecule has 0 unspecified atom stereocenters. The van der Waals surface area contributed by atoms with Crippen LogP contribution in [0.3, 0.4) is 0 Å². The van der Waals surface area contributed by atoms with Crippen LogP contribution >= 0.6 is 0 Å². The first-order chi connectivity index (χ1) is 11.0. The minimum atomic E-state index is -0.0286. The highest BCUT2D eigenvalue weighted by Gasteiger charge is 2.08. The van der Waals surface area contributed by atoms with Crippen molar-refractivity contribution in [3.63, 3.8) is 0 Å². The molecule has 0 amide bonds. The highest BCUT2D eigenvalue weighted by molar-refractivity contribution is 5.69. The highest BCUT2D eigenvalue weighted by Crippen LogP contribution is 2.22. The summed E-state index contributed by atoms with van der Waals surface area (Å²) in [6.07, 6.45) is 18.0. The molecule has 0 heterocycles. The third-order valence-electron chi connectivity index (χ3n) is 4.00. The van der Waals surface area contributed by atoms with E-state index in [2.05, 4.69) is 39.8 Å². The first-order valence-electron chi connectivity index (χ1n) is 9.76. The van der Waals surface area contributed by atoms with Crippen LogP contribution in [0, 0.1) is 5.41 Å². The molecule has 23 heavy (non-hydrogen) atoms. The van der Waals surface area contributed by atoms with Gasteiger partial charge in [-0.1, -0.05) is 78.4 Å². The summed E-state index contributed by atoms with van der Waals surface area (Å²) in [4.78, 5) is 11.6. The Morgan fingerprint density at radius 2 is 1.52 bits per heavy atom. The number of ether oxygens (including phenoxy) is 1. The minimum absolute atomic E-state index is 0.0286. The number of esters is 1. The van der Waals surface area contributed by atoms with E-state index in [-0.39, 0.29) is 5.97 Å². The first kappa shape index (κ1) is 22.2. The summed E-state index contributed by atoms with van der Waals surface area (Å²) < 4.78 is 5.25. The van der Waals surface area contributed by atoms with Crippen molar-refractivity contribution in [3.05, 3.63) is 12.2 Å². The van der Waals surface area contributed by atoms with Crippen molar-refractivity contribution in [2.75, 3.05) is 6.61 Å². The van der Waals surface area contributed by atoms with Gasteiger partial charge in [-0.25, -0.2) is 0 Å². The summed E-state index contributed by atoms with van der Waals surface area (Å²) in [7, 11) is 0. The van der Waals surface area contributed by atoms with Crippen LogP contribution in [-0.2, 0) is 9.53 Å². The SMILES string of the molecule is CCCCC/C=C\CCOC(=O)CCCCCCCC(C)(C)C. The van der Waals surface area contributed by atoms with Crippen molar-refractivity contribution < 1.29 is 9.53 Å². The Morgan fingerprint density at radius 3 is 2.22 bits per heavy atom. The molecule has 0 aliphatic carbocycles. The summed E-state index contributed by atoms with van der Waals surface area (Å²) in [5, 5.41) is 0. The monoisotopic (exact) mass is 324 g/mol. The van der Waals surface area contributed by atoms with Crippen LogP contribution in [-0.4, -0.2) is 12.6 Å². The first-order valence-corrected chi connectivity index (χ1v) is 9.76. The second-order valence-corrected chi connectivity index (χ2v) is 7.80. The Bertz CT molecular complexity index is 299. The van der Waals surface area contributed by atoms with E-state index in [1.807, 2.05) is 0 Å². The molecule has 0 rings (SSSR count). The van der Waals surface area contributed by atoms with Gasteiger partial charge in [-0.15, -0.1) is 0 Å². The minimum Gasteiger partial charge on any atom is -0.465 e. The van der Waals surface area contributed by atoms with Gasteiger partial charge in [-0.3, -0.25) is 4.79 Å². The second kappa shape index (κ2) is 14.8. The molecule has 2 heteroatoms. The van der Waals surface area contributed by atoms with Crippen LogP contribution in [0.25, 0.3) is 0 Å². The number of rotatable bonds is 14. The predicted octanol–water partition coefficient (Wildman–Crippen LogP) is 6.83. The zero-order chi connectivity index (χ0) is 17.4. The van der Waals surface area contributed by atoms with Crippen molar-refractivity contribution in [2.24, 2.45) is 5.41 Å². The van der Waals surface area contributed by atoms with E-state index < -0.39 is 0 Å². The standard InChI is InChI=1S/C21H40O2/c1-5-6-7-8-9-13-16-19-23-20(22)17-14-11-10-12-15-18-21(2,3)4/h9,13H,5-8,10-12,14-19H2,1-4H3/b13-9-. The number of carbonyl (C=O) groups is 1. The molecule has 0 spiro atoms. The van der Waals surface area contributed by atoms with E-state index in [4.69, 9.17) is 4.74 Å². The average Bonchev–Trinajstić information content (AvgIpc) is 2.48. The zero-order valence-corrected chi connectivity index (χ0v) is 16.2. The van der Waals surface area contributed by atoms with Crippen LogP contribution in [0.5, 0.6) is 0 Å². The normalized spacial score (nSPS) is 12.0. The van der Waals surface area contributed by atoms with Crippen molar-refractivity contribution in [1.29, 1.82) is 0 Å². The van der Waals surface area contributed by atoms with Gasteiger partial charge in [0.05, 0.1) is 6.61 Å². The molecule has 0 aliphatic heterocycles. The summed E-state index contributed by atoms with van der Waals surface area (Å²) >= 11 is 0. The quantitative estimate of drug-likeness (QED) is 0.199. The number of hydrogen-bond donors (Lipinski definition) is 0. The lowest BCUT2D eigenvalue weighted by molar-refractivity contribution is -0.143. The second-order valence-electron chi connectivity index (χ2n) is 7.80. The third kappa shape index (κ3) is 19.2. The van der Waals surface area contributed by atoms with Crippen LogP contribution in [0.15, 0.2) is 12.2 Å². The van der Waals surface area contributed by atoms with E-state index >= 15 is 0 Å². The van der Waals surface area contributed by atoms with Crippen molar-refractivity contribution in [2.45, 2.75) is 105 Å². The third-order valence-corrected chi connectivity index (χ3v) is 4.00. The summed E-state index contributed by atoms with van der Waals surface area (Å²) in [5.74, 6) is -0.0286. The van der Waals surface area contributed by atoms with Crippen LogP contribution < -0.4 is 0 Å². The maximum Gasteiger partial charge on any atom is 0.305 e. The topological polar surface area (TPSA) is 26.3 Å². The Hall–Kier alpha value is -0.790. The Kier molecular flexibility index (Phi) is 14.3. The van der Waals surface area contributed by atoms with E-state index in [9.17, 15) is 4.79 Å². The molecule has 0 bridgehead atoms. The van der Waals surface area contributed by atoms with Crippen LogP contribution in [0.2, 0.25) is 0 Å². The fourth-order valence-corrected chi connectivity index (χ4v) is 2.52. The molecule has 0 saturated carbocycles. The Morgan fingerprint density at radius 1 is 0.870 bits per heavy atom. The molecule has 2 nitrogen and oxygen atoms in total. The molecule has 0 radical (unpaired) electrons. The Labute approximate surface area is 145 Å². The smallest absolute Gasteiger partial charge is 0.305 e. The van der Waals surface area contributed by atoms with E-state index in [1.54, 1.807) is 0 Å². The summed E-state index contributed by atoms with van der Waals surface area (Å²) in [6.45, 7) is 9.64. The van der Waals surface area contributed by atoms with Gasteiger partial charge in [0.25, 0.3) is 0 Å². The number of allylic oxidation sites excluding steroid dienone is 1. The maximum atomic E-state index is 11.6. The van der Waals surface area contributed by atoms with Crippen molar-refractivity contribution in [3.8, 4) is 0 Å². The summed E-state index contributed by atoms with van der Waals surface area (Å²) in [6, 6.07) is 0. The van der Waals surface area contributed by atoms with Crippen LogP contribution in [0.4, 0.5) is 0 Å². The molecule has 136 valence electrons. The molecule has 0 atom stereocenters. The molecular weight excluding hydrogens is 284 g/mol. The molecule has 0 fully saturated rings. The van der Waals surface area contributed by atoms with Gasteiger partial charge in [0.15, 0.2) is 0 Å². The fourth-order valence-electron chi connectivity index (χ4n) is 2.52. The van der Waals surface area contributed by atoms with E-state index in [0.29, 0.717) is 18.4 Å². The molecule has 0 aromatic carbocycles. The lowest BCUT2D eigenvalue weighted by atomic mass is 9.89. The van der Waals surface area contributed by atoms with Crippen molar-refractivity contribution in [1.82, 2.24) is 0 Å². The van der Waals surface area contributed by atoms with Gasteiger partial charge in [-0.2, -0.15) is 0 Å². The molecular formula is C21H40O2. The molecule has 0 aromatic rings. The van der Waals surface area contributed by atoms with Gasteiger partial charge >= 0.3 is 5.97 Å². The van der Waals surface area contributed by atoms with Gasteiger partial charge in [0, 0.05) is 6.42 Å². The van der Waals surface area contributed by atoms with Gasteiger partial charge in [-0.05, 0) is 37.5 Å². The zero-order valence-electron chi connectivity index (χ0n) is 16.2. The van der Waals surface area contributed by atoms with Crippen molar-refractivity contribution >= 4 is 5.97 Å². The summed E-state index contributed by atoms with van der Waals surface area (Å²) in [5.41, 5.74) is 0.453. The van der Waals surface area contributed by atoms with Gasteiger partial charge in [0.1, 0.15) is 0 Å². The molecule has 0 aromatic heterocycles. The molecule has 0 N–H and O–H groups in total. The number of hydrogen-bond acceptors (Lipinski definition) is 2. The number of carbonyl (C=O) groups excluding carboxylic acids is 1. The highest BCUT2D eigenvalue weighted by atomic mass is 16.5. The molecule has 0 saturated heterocycles. The van der Waals surface area contributed by atoms with Gasteiger partial charge in [0.2, 0.25) is 0 Å². The van der Waals surface area contributed by atoms with Crippen LogP contribution in [0.1, 0.15) is 105 Å². The molecule has 0 aliphatic rings. The predicted molar refractivity (Wildman–Crippen MR) is 101 cm³/mol. The van der Waals surface area contributed by atoms with E-state index in [1.165, 1.54) is 44.9 Å². The number of unbranched alkanes of at least 4 members (excludes halogenated alkanes) is 7. The maximum absolute atomic E-state index is 11.6. The Balaban J connectivity index is 3.31. The fraction of sp³-hybridized carbons (Fsp3) is 0.857. The van der Waals surface area contributed by atoms with Gasteiger partial charge < -0.3 is 4.74 Å². The average molecular weight is 325 g/mol.